The van der Waals surface area contributed by atoms with Crippen LogP contribution in [0, 0.1) is 6.92 Å². The number of amides is 2. The number of para-hydroxylation sites is 2. The molecule has 1 aliphatic heterocycles. The summed E-state index contributed by atoms with van der Waals surface area (Å²) in [5.41, 5.74) is 4.10. The maximum Gasteiger partial charge on any atom is 0.330 e. The Morgan fingerprint density at radius 2 is 1.73 bits per heavy atom. The van der Waals surface area contributed by atoms with Crippen molar-refractivity contribution in [3.05, 3.63) is 82.0 Å². The van der Waals surface area contributed by atoms with Gasteiger partial charge in [0, 0.05) is 25.0 Å². The molecule has 3 aromatic rings. The molecule has 0 bridgehead atoms. The highest BCUT2D eigenvalue weighted by molar-refractivity contribution is 5.91. The minimum Gasteiger partial charge on any atom is -0.334 e. The first-order valence-electron chi connectivity index (χ1n) is 10.3. The van der Waals surface area contributed by atoms with Crippen LogP contribution in [0.25, 0.3) is 5.69 Å². The number of carbonyl (C=O) groups excluding carboxylic acids is 1. The molecule has 0 spiro atoms. The minimum atomic E-state index is -0.306. The zero-order valence-corrected chi connectivity index (χ0v) is 17.1. The van der Waals surface area contributed by atoms with E-state index in [1.165, 1.54) is 18.4 Å². The maximum atomic E-state index is 12.6. The second kappa shape index (κ2) is 9.00. The normalized spacial score (nSPS) is 14.0. The lowest BCUT2D eigenvalue weighted by atomic mass is 10.1. The number of carbonyl (C=O) groups is 1. The molecule has 7 nitrogen and oxygen atoms in total. The molecule has 0 radical (unpaired) electrons. The van der Waals surface area contributed by atoms with E-state index in [0.29, 0.717) is 17.9 Å². The third kappa shape index (κ3) is 4.46. The molecule has 0 unspecified atom stereocenters. The largest absolute Gasteiger partial charge is 0.334 e. The van der Waals surface area contributed by atoms with Gasteiger partial charge in [-0.15, -0.1) is 0 Å². The van der Waals surface area contributed by atoms with E-state index in [9.17, 15) is 9.59 Å². The number of nitrogens with zero attached hydrogens (tertiary/aromatic N) is 2. The fourth-order valence-electron chi connectivity index (χ4n) is 3.94. The number of benzene rings is 2. The third-order valence-electron chi connectivity index (χ3n) is 5.50. The van der Waals surface area contributed by atoms with Crippen molar-refractivity contribution in [3.63, 3.8) is 0 Å². The van der Waals surface area contributed by atoms with Gasteiger partial charge < -0.3 is 15.6 Å². The van der Waals surface area contributed by atoms with Gasteiger partial charge in [0.2, 0.25) is 0 Å². The van der Waals surface area contributed by atoms with Gasteiger partial charge in [0.1, 0.15) is 0 Å². The Labute approximate surface area is 175 Å². The van der Waals surface area contributed by atoms with E-state index in [1.807, 2.05) is 37.3 Å². The summed E-state index contributed by atoms with van der Waals surface area (Å²) in [4.78, 5) is 29.9. The first-order chi connectivity index (χ1) is 14.6. The number of rotatable bonds is 6. The Morgan fingerprint density at radius 3 is 2.47 bits per heavy atom. The number of aryl methyl sites for hydroxylation is 1. The Hall–Kier alpha value is -3.32. The van der Waals surface area contributed by atoms with Crippen LogP contribution in [0.2, 0.25) is 0 Å². The van der Waals surface area contributed by atoms with Crippen LogP contribution in [0.5, 0.6) is 0 Å². The van der Waals surface area contributed by atoms with E-state index >= 15 is 0 Å². The predicted octanol–water partition coefficient (Wildman–Crippen LogP) is 3.39. The molecule has 1 aliphatic rings. The van der Waals surface area contributed by atoms with E-state index in [-0.39, 0.29) is 11.7 Å². The smallest absolute Gasteiger partial charge is 0.330 e. The van der Waals surface area contributed by atoms with Crippen LogP contribution < -0.4 is 16.3 Å². The van der Waals surface area contributed by atoms with Crippen molar-refractivity contribution in [2.45, 2.75) is 32.9 Å². The molecule has 1 aromatic heterocycles. The van der Waals surface area contributed by atoms with Crippen molar-refractivity contribution in [1.29, 1.82) is 0 Å². The molecule has 0 atom stereocenters. The summed E-state index contributed by atoms with van der Waals surface area (Å²) in [7, 11) is 0. The summed E-state index contributed by atoms with van der Waals surface area (Å²) in [5, 5.41) is 5.83. The number of nitrogens with one attached hydrogen (secondary N) is 3. The molecule has 2 aromatic carbocycles. The number of hydrogen-bond acceptors (Lipinski definition) is 3. The van der Waals surface area contributed by atoms with Gasteiger partial charge in [0.15, 0.2) is 0 Å². The number of imidazole rings is 1. The molecule has 0 aliphatic carbocycles. The highest BCUT2D eigenvalue weighted by atomic mass is 16.2. The van der Waals surface area contributed by atoms with Gasteiger partial charge in [-0.05, 0) is 56.1 Å². The van der Waals surface area contributed by atoms with Gasteiger partial charge in [0.05, 0.1) is 11.4 Å². The molecule has 2 heterocycles. The standard InChI is InChI=1S/C23H27N5O2/c1-17-14-25-23(30)28(17)21-11-5-4-10-20(21)26-22(29)24-15-18-8-2-3-9-19(18)16-27-12-6-7-13-27/h2-5,8-11,14H,6-7,12-13,15-16H2,1H3,(H,25,30)(H2,24,26,29). The monoisotopic (exact) mass is 405 g/mol. The van der Waals surface area contributed by atoms with Crippen LogP contribution in [0.3, 0.4) is 0 Å². The summed E-state index contributed by atoms with van der Waals surface area (Å²) < 4.78 is 1.54. The molecule has 1 fully saturated rings. The van der Waals surface area contributed by atoms with Crippen LogP contribution >= 0.6 is 0 Å². The molecular weight excluding hydrogens is 378 g/mol. The maximum absolute atomic E-state index is 12.6. The Morgan fingerprint density at radius 1 is 1.03 bits per heavy atom. The number of hydrogen-bond donors (Lipinski definition) is 3. The lowest BCUT2D eigenvalue weighted by molar-refractivity contribution is 0.251. The van der Waals surface area contributed by atoms with Gasteiger partial charge >= 0.3 is 11.7 Å². The van der Waals surface area contributed by atoms with Crippen LogP contribution in [0.15, 0.2) is 59.5 Å². The van der Waals surface area contributed by atoms with Gasteiger partial charge in [-0.2, -0.15) is 0 Å². The first-order valence-corrected chi connectivity index (χ1v) is 10.3. The first kappa shape index (κ1) is 20.0. The van der Waals surface area contributed by atoms with Gasteiger partial charge in [0.25, 0.3) is 0 Å². The van der Waals surface area contributed by atoms with Crippen LogP contribution in [0.4, 0.5) is 10.5 Å². The van der Waals surface area contributed by atoms with Crippen molar-refractivity contribution < 1.29 is 4.79 Å². The second-order valence-corrected chi connectivity index (χ2v) is 7.65. The Bertz CT molecular complexity index is 1080. The zero-order chi connectivity index (χ0) is 20.9. The van der Waals surface area contributed by atoms with Crippen LogP contribution in [-0.4, -0.2) is 33.6 Å². The van der Waals surface area contributed by atoms with Crippen LogP contribution in [0.1, 0.15) is 29.7 Å². The molecule has 0 saturated carbocycles. The molecule has 7 heteroatoms. The Kier molecular flexibility index (Phi) is 5.99. The SMILES string of the molecule is Cc1c[nH]c(=O)n1-c1ccccc1NC(=O)NCc1ccccc1CN1CCCC1. The zero-order valence-electron chi connectivity index (χ0n) is 17.1. The molecule has 1 saturated heterocycles. The van der Waals surface area contributed by atoms with Crippen molar-refractivity contribution >= 4 is 11.7 Å². The van der Waals surface area contributed by atoms with E-state index in [4.69, 9.17) is 0 Å². The summed E-state index contributed by atoms with van der Waals surface area (Å²) in [6.07, 6.45) is 4.16. The quantitative estimate of drug-likeness (QED) is 0.588. The number of H-pyrrole nitrogens is 1. The topological polar surface area (TPSA) is 82.2 Å². The molecule has 156 valence electrons. The van der Waals surface area contributed by atoms with E-state index in [1.54, 1.807) is 16.8 Å². The minimum absolute atomic E-state index is 0.238. The summed E-state index contributed by atoms with van der Waals surface area (Å²) in [6, 6.07) is 15.2. The van der Waals surface area contributed by atoms with Crippen molar-refractivity contribution in [2.75, 3.05) is 18.4 Å². The lowest BCUT2D eigenvalue weighted by Crippen LogP contribution is -2.30. The summed E-state index contributed by atoms with van der Waals surface area (Å²) in [6.45, 7) is 5.47. The summed E-state index contributed by atoms with van der Waals surface area (Å²) >= 11 is 0. The van der Waals surface area contributed by atoms with Gasteiger partial charge in [-0.3, -0.25) is 9.47 Å². The lowest BCUT2D eigenvalue weighted by Gasteiger charge is -2.18. The highest BCUT2D eigenvalue weighted by Crippen LogP contribution is 2.20. The van der Waals surface area contributed by atoms with Crippen molar-refractivity contribution in [1.82, 2.24) is 19.8 Å². The fourth-order valence-corrected chi connectivity index (χ4v) is 3.94. The fraction of sp³-hybridized carbons (Fsp3) is 0.304. The van der Waals surface area contributed by atoms with E-state index in [0.717, 1.165) is 30.9 Å². The van der Waals surface area contributed by atoms with E-state index in [2.05, 4.69) is 32.7 Å². The van der Waals surface area contributed by atoms with Gasteiger partial charge in [-0.1, -0.05) is 36.4 Å². The Balaban J connectivity index is 1.44. The molecule has 4 rings (SSSR count). The summed E-state index contributed by atoms with van der Waals surface area (Å²) in [5.74, 6) is 0. The molecule has 2 amide bonds. The average molecular weight is 406 g/mol. The van der Waals surface area contributed by atoms with Crippen LogP contribution in [-0.2, 0) is 13.1 Å². The van der Waals surface area contributed by atoms with E-state index < -0.39 is 0 Å². The number of urea groups is 1. The average Bonchev–Trinajstić information content (AvgIpc) is 3.37. The molecule has 3 N–H and O–H groups in total. The van der Waals surface area contributed by atoms with Gasteiger partial charge in [-0.25, -0.2) is 9.59 Å². The number of anilines is 1. The molecular formula is C23H27N5O2. The number of aromatic amines is 1. The third-order valence-corrected chi connectivity index (χ3v) is 5.50. The number of likely N-dealkylation sites (tertiary alicyclic amines) is 1. The highest BCUT2D eigenvalue weighted by Gasteiger charge is 2.15. The molecule has 30 heavy (non-hydrogen) atoms. The van der Waals surface area contributed by atoms with Crippen molar-refractivity contribution in [3.8, 4) is 5.69 Å². The van der Waals surface area contributed by atoms with Crippen molar-refractivity contribution in [2.24, 2.45) is 0 Å². The number of aromatic nitrogens is 2. The second-order valence-electron chi connectivity index (χ2n) is 7.65. The predicted molar refractivity (Wildman–Crippen MR) is 118 cm³/mol.